The summed E-state index contributed by atoms with van der Waals surface area (Å²) in [4.78, 5) is 2.33. The minimum absolute atomic E-state index is 0.0878. The van der Waals surface area contributed by atoms with Crippen molar-refractivity contribution in [1.29, 1.82) is 5.41 Å². The van der Waals surface area contributed by atoms with Crippen LogP contribution in [0.3, 0.4) is 0 Å². The van der Waals surface area contributed by atoms with Crippen molar-refractivity contribution in [2.45, 2.75) is 26.2 Å². The summed E-state index contributed by atoms with van der Waals surface area (Å²) >= 11 is 5.98. The molecule has 0 saturated carbocycles. The predicted molar refractivity (Wildman–Crippen MR) is 77.7 cm³/mol. The quantitative estimate of drug-likeness (QED) is 0.637. The smallest absolute Gasteiger partial charge is 0.124 e. The second kappa shape index (κ2) is 5.61. The van der Waals surface area contributed by atoms with Crippen LogP contribution in [0.4, 0.5) is 5.69 Å². The van der Waals surface area contributed by atoms with Gasteiger partial charge < -0.3 is 10.6 Å². The molecule has 0 spiro atoms. The molecule has 0 aromatic heterocycles. The number of benzene rings is 1. The topological polar surface area (TPSA) is 53.1 Å². The molecule has 0 bridgehead atoms. The van der Waals surface area contributed by atoms with Crippen LogP contribution < -0.4 is 10.6 Å². The maximum Gasteiger partial charge on any atom is 0.124 e. The first-order chi connectivity index (χ1) is 8.58. The molecule has 1 aromatic carbocycles. The van der Waals surface area contributed by atoms with Crippen LogP contribution in [0, 0.1) is 11.3 Å². The van der Waals surface area contributed by atoms with E-state index in [2.05, 4.69) is 11.8 Å². The lowest BCUT2D eigenvalue weighted by atomic mass is 10.0. The Hall–Kier alpha value is -1.22. The van der Waals surface area contributed by atoms with Gasteiger partial charge in [0.1, 0.15) is 5.84 Å². The molecular weight excluding hydrogens is 246 g/mol. The van der Waals surface area contributed by atoms with E-state index in [1.165, 1.54) is 19.3 Å². The first-order valence-corrected chi connectivity index (χ1v) is 6.84. The van der Waals surface area contributed by atoms with E-state index < -0.39 is 0 Å². The van der Waals surface area contributed by atoms with Crippen LogP contribution in [0.1, 0.15) is 31.7 Å². The van der Waals surface area contributed by atoms with Gasteiger partial charge in [0, 0.05) is 29.4 Å². The summed E-state index contributed by atoms with van der Waals surface area (Å²) in [6, 6.07) is 5.64. The Morgan fingerprint density at radius 2 is 2.17 bits per heavy atom. The Morgan fingerprint density at radius 1 is 1.39 bits per heavy atom. The zero-order chi connectivity index (χ0) is 13.1. The number of hydrogen-bond acceptors (Lipinski definition) is 2. The SMILES string of the molecule is CC1CCCN(c2ccc(Cl)cc2C(=N)N)CC1. The van der Waals surface area contributed by atoms with Crippen LogP contribution in [0.15, 0.2) is 18.2 Å². The summed E-state index contributed by atoms with van der Waals surface area (Å²) in [6.45, 7) is 4.37. The van der Waals surface area contributed by atoms with Gasteiger partial charge in [-0.05, 0) is 43.4 Å². The van der Waals surface area contributed by atoms with Crippen molar-refractivity contribution in [3.05, 3.63) is 28.8 Å². The average molecular weight is 266 g/mol. The highest BCUT2D eigenvalue weighted by atomic mass is 35.5. The van der Waals surface area contributed by atoms with Gasteiger partial charge in [0.15, 0.2) is 0 Å². The van der Waals surface area contributed by atoms with Crippen LogP contribution in [0.25, 0.3) is 0 Å². The maximum atomic E-state index is 7.68. The lowest BCUT2D eigenvalue weighted by molar-refractivity contribution is 0.521. The molecule has 0 radical (unpaired) electrons. The summed E-state index contributed by atoms with van der Waals surface area (Å²) in [6.07, 6.45) is 3.67. The average Bonchev–Trinajstić information content (AvgIpc) is 2.54. The number of amidine groups is 1. The molecule has 0 amide bonds. The fourth-order valence-corrected chi connectivity index (χ4v) is 2.68. The van der Waals surface area contributed by atoms with Gasteiger partial charge in [-0.2, -0.15) is 0 Å². The predicted octanol–water partition coefficient (Wildman–Crippen LogP) is 3.25. The molecule has 1 heterocycles. The summed E-state index contributed by atoms with van der Waals surface area (Å²) in [5.41, 5.74) is 7.44. The normalized spacial score (nSPS) is 20.6. The third-order valence-corrected chi connectivity index (χ3v) is 3.84. The molecule has 3 N–H and O–H groups in total. The minimum atomic E-state index is 0.0878. The second-order valence-electron chi connectivity index (χ2n) is 5.10. The molecule has 3 nitrogen and oxygen atoms in total. The number of nitrogens with one attached hydrogen (secondary N) is 1. The fraction of sp³-hybridized carbons (Fsp3) is 0.500. The molecule has 1 unspecified atom stereocenters. The lowest BCUT2D eigenvalue weighted by Gasteiger charge is -2.25. The first-order valence-electron chi connectivity index (χ1n) is 6.47. The molecule has 0 aliphatic carbocycles. The van der Waals surface area contributed by atoms with Crippen molar-refractivity contribution < 1.29 is 0 Å². The summed E-state index contributed by atoms with van der Waals surface area (Å²) < 4.78 is 0. The number of nitrogens with zero attached hydrogens (tertiary/aromatic N) is 1. The molecule has 1 aliphatic heterocycles. The Balaban J connectivity index is 2.29. The molecule has 98 valence electrons. The van der Waals surface area contributed by atoms with Crippen LogP contribution in [-0.2, 0) is 0 Å². The number of hydrogen-bond donors (Lipinski definition) is 2. The van der Waals surface area contributed by atoms with E-state index in [-0.39, 0.29) is 5.84 Å². The van der Waals surface area contributed by atoms with Crippen molar-refractivity contribution in [2.75, 3.05) is 18.0 Å². The van der Waals surface area contributed by atoms with Crippen molar-refractivity contribution in [3.8, 4) is 0 Å². The molecular formula is C14H20ClN3. The van der Waals surface area contributed by atoms with Crippen LogP contribution in [0.5, 0.6) is 0 Å². The molecule has 1 saturated heterocycles. The van der Waals surface area contributed by atoms with Crippen molar-refractivity contribution in [2.24, 2.45) is 11.7 Å². The largest absolute Gasteiger partial charge is 0.384 e. The van der Waals surface area contributed by atoms with Crippen LogP contribution in [0.2, 0.25) is 5.02 Å². The van der Waals surface area contributed by atoms with E-state index in [1.54, 1.807) is 6.07 Å². The Labute approximate surface area is 113 Å². The fourth-order valence-electron chi connectivity index (χ4n) is 2.50. The maximum absolute atomic E-state index is 7.68. The molecule has 2 rings (SSSR count). The van der Waals surface area contributed by atoms with E-state index in [0.717, 1.165) is 30.3 Å². The Morgan fingerprint density at radius 3 is 2.89 bits per heavy atom. The van der Waals surface area contributed by atoms with Crippen LogP contribution >= 0.6 is 11.6 Å². The third-order valence-electron chi connectivity index (χ3n) is 3.61. The highest BCUT2D eigenvalue weighted by Gasteiger charge is 2.17. The monoisotopic (exact) mass is 265 g/mol. The number of nitrogens with two attached hydrogens (primary N) is 1. The van der Waals surface area contributed by atoms with E-state index in [1.807, 2.05) is 12.1 Å². The molecule has 18 heavy (non-hydrogen) atoms. The summed E-state index contributed by atoms with van der Waals surface area (Å²) in [5, 5.41) is 8.31. The highest BCUT2D eigenvalue weighted by molar-refractivity contribution is 6.31. The van der Waals surface area contributed by atoms with Gasteiger partial charge in [0.25, 0.3) is 0 Å². The molecule has 1 aromatic rings. The van der Waals surface area contributed by atoms with Crippen molar-refractivity contribution in [3.63, 3.8) is 0 Å². The van der Waals surface area contributed by atoms with Gasteiger partial charge in [-0.3, -0.25) is 5.41 Å². The third kappa shape index (κ3) is 2.96. The van der Waals surface area contributed by atoms with E-state index >= 15 is 0 Å². The van der Waals surface area contributed by atoms with Gasteiger partial charge >= 0.3 is 0 Å². The minimum Gasteiger partial charge on any atom is -0.384 e. The van der Waals surface area contributed by atoms with E-state index in [9.17, 15) is 0 Å². The van der Waals surface area contributed by atoms with Gasteiger partial charge in [-0.15, -0.1) is 0 Å². The zero-order valence-corrected chi connectivity index (χ0v) is 11.5. The van der Waals surface area contributed by atoms with Crippen molar-refractivity contribution in [1.82, 2.24) is 0 Å². The summed E-state index contributed by atoms with van der Waals surface area (Å²) in [7, 11) is 0. The van der Waals surface area contributed by atoms with Gasteiger partial charge in [0.05, 0.1) is 0 Å². The highest BCUT2D eigenvalue weighted by Crippen LogP contribution is 2.27. The van der Waals surface area contributed by atoms with Crippen molar-refractivity contribution >= 4 is 23.1 Å². The molecule has 1 aliphatic rings. The molecule has 1 atom stereocenters. The van der Waals surface area contributed by atoms with Crippen LogP contribution in [-0.4, -0.2) is 18.9 Å². The standard InChI is InChI=1S/C14H20ClN3/c1-10-3-2-7-18(8-6-10)13-5-4-11(15)9-12(13)14(16)17/h4-5,9-10H,2-3,6-8H2,1H3,(H3,16,17). The Kier molecular flexibility index (Phi) is 4.12. The van der Waals surface area contributed by atoms with E-state index in [0.29, 0.717) is 5.02 Å². The van der Waals surface area contributed by atoms with Gasteiger partial charge in [0.2, 0.25) is 0 Å². The molecule has 4 heteroatoms. The van der Waals surface area contributed by atoms with Gasteiger partial charge in [-0.25, -0.2) is 0 Å². The number of halogens is 1. The molecule has 1 fully saturated rings. The summed E-state index contributed by atoms with van der Waals surface area (Å²) in [5.74, 6) is 0.868. The number of nitrogen functional groups attached to an aromatic ring is 1. The zero-order valence-electron chi connectivity index (χ0n) is 10.7. The van der Waals surface area contributed by atoms with Gasteiger partial charge in [-0.1, -0.05) is 18.5 Å². The first kappa shape index (κ1) is 13.2. The Bertz CT molecular complexity index is 445. The number of rotatable bonds is 2. The van der Waals surface area contributed by atoms with E-state index in [4.69, 9.17) is 22.7 Å². The number of anilines is 1. The lowest BCUT2D eigenvalue weighted by Crippen LogP contribution is -2.27. The second-order valence-corrected chi connectivity index (χ2v) is 5.53.